The highest BCUT2D eigenvalue weighted by atomic mass is 32.2. The summed E-state index contributed by atoms with van der Waals surface area (Å²) in [6.45, 7) is 16.2. The third-order valence-corrected chi connectivity index (χ3v) is 13.4. The second-order valence-corrected chi connectivity index (χ2v) is 17.0. The molecule has 0 fully saturated rings. The molecule has 1 heterocycles. The van der Waals surface area contributed by atoms with Crippen molar-refractivity contribution in [1.82, 2.24) is 13.3 Å². The third-order valence-electron chi connectivity index (χ3n) is 6.27. The molecule has 2 rings (SSSR count). The Balaban J connectivity index is 2.98. The molecular formula is C24H34N4O4SSi. The van der Waals surface area contributed by atoms with Gasteiger partial charge in [-0.1, -0.05) is 52.6 Å². The van der Waals surface area contributed by atoms with E-state index in [0.29, 0.717) is 28.0 Å². The van der Waals surface area contributed by atoms with Gasteiger partial charge >= 0.3 is 16.2 Å². The number of carbonyl (C=O) groups is 1. The zero-order valence-corrected chi connectivity index (χ0v) is 23.1. The molecule has 0 radical (unpaired) electrons. The maximum atomic E-state index is 13.7. The highest BCUT2D eigenvalue weighted by Gasteiger charge is 2.45. The first-order valence-electron chi connectivity index (χ1n) is 11.0. The summed E-state index contributed by atoms with van der Waals surface area (Å²) < 4.78 is 34.9. The number of imidazole rings is 1. The van der Waals surface area contributed by atoms with Crippen LogP contribution in [0.15, 0.2) is 36.4 Å². The van der Waals surface area contributed by atoms with Crippen molar-refractivity contribution in [2.75, 3.05) is 20.7 Å². The molecule has 8 nitrogen and oxygen atoms in total. The molecule has 0 aliphatic carbocycles. The predicted octanol–water partition coefficient (Wildman–Crippen LogP) is 3.45. The highest BCUT2D eigenvalue weighted by molar-refractivity contribution is 7.87. The van der Waals surface area contributed by atoms with Gasteiger partial charge in [0.15, 0.2) is 0 Å². The maximum absolute atomic E-state index is 13.7. The second-order valence-electron chi connectivity index (χ2n) is 9.85. The van der Waals surface area contributed by atoms with Crippen LogP contribution in [-0.4, -0.2) is 56.4 Å². The van der Waals surface area contributed by atoms with Crippen molar-refractivity contribution in [3.05, 3.63) is 47.7 Å². The van der Waals surface area contributed by atoms with Gasteiger partial charge in [-0.2, -0.15) is 18.0 Å². The molecule has 1 aromatic carbocycles. The van der Waals surface area contributed by atoms with Crippen LogP contribution < -0.4 is 5.45 Å². The van der Waals surface area contributed by atoms with Gasteiger partial charge in [-0.15, -0.1) is 0 Å². The molecule has 0 amide bonds. The third kappa shape index (κ3) is 5.16. The Bertz CT molecular complexity index is 1230. The molecule has 0 N–H and O–H groups in total. The molecule has 0 bridgehead atoms. The fourth-order valence-corrected chi connectivity index (χ4v) is 6.95. The molecule has 184 valence electrons. The van der Waals surface area contributed by atoms with E-state index in [-0.39, 0.29) is 23.6 Å². The van der Waals surface area contributed by atoms with E-state index in [1.54, 1.807) is 31.2 Å². The number of aromatic nitrogens is 2. The first-order valence-corrected chi connectivity index (χ1v) is 15.4. The number of carbonyl (C=O) groups excluding carboxylic acids is 1. The van der Waals surface area contributed by atoms with E-state index >= 15 is 0 Å². The quantitative estimate of drug-likeness (QED) is 0.311. The summed E-state index contributed by atoms with van der Waals surface area (Å²) in [5, 5.41) is 9.00. The van der Waals surface area contributed by atoms with Crippen LogP contribution >= 0.6 is 0 Å². The summed E-state index contributed by atoms with van der Waals surface area (Å²) in [6, 6.07) is 8.73. The zero-order chi connectivity index (χ0) is 26.1. The fourth-order valence-electron chi connectivity index (χ4n) is 3.18. The van der Waals surface area contributed by atoms with Gasteiger partial charge in [0.25, 0.3) is 0 Å². The number of hydrogen-bond acceptors (Lipinski definition) is 6. The van der Waals surface area contributed by atoms with Crippen LogP contribution in [0.3, 0.4) is 0 Å². The van der Waals surface area contributed by atoms with Crippen LogP contribution in [0, 0.1) is 11.3 Å². The van der Waals surface area contributed by atoms with Crippen LogP contribution in [-0.2, 0) is 26.2 Å². The summed E-state index contributed by atoms with van der Waals surface area (Å²) in [7, 11) is -3.51. The normalized spacial score (nSPS) is 12.5. The molecule has 2 aromatic rings. The molecule has 34 heavy (non-hydrogen) atoms. The zero-order valence-electron chi connectivity index (χ0n) is 21.3. The van der Waals surface area contributed by atoms with Crippen molar-refractivity contribution < 1.29 is 17.9 Å². The summed E-state index contributed by atoms with van der Waals surface area (Å²) in [6.07, 6.45) is 0.0335. The lowest BCUT2D eigenvalue weighted by molar-refractivity contribution is -0.138. The number of hydrogen-bond donors (Lipinski definition) is 0. The maximum Gasteiger partial charge on any atom is 0.333 e. The number of ether oxygens (including phenoxy) is 1. The van der Waals surface area contributed by atoms with Gasteiger partial charge in [0, 0.05) is 31.7 Å². The Hall–Kier alpha value is -2.74. The molecule has 0 saturated heterocycles. The van der Waals surface area contributed by atoms with Crippen LogP contribution in [0.1, 0.15) is 39.0 Å². The standard InChI is InChI=1S/C24H34N4O4SSi/c1-10-32-22(29)17(2)15-20-21(19-13-11-18(16-25)12-14-19)28(33(30,31)27(6)7)23(26-20)34(8,9)24(3,4)5/h11-14H,2,10,15H2,1,3-9H3. The number of nitriles is 1. The van der Waals surface area contributed by atoms with Crippen LogP contribution in [0.5, 0.6) is 0 Å². The molecule has 0 aliphatic rings. The Morgan fingerprint density at radius 3 is 2.24 bits per heavy atom. The molecule has 0 aliphatic heterocycles. The fraction of sp³-hybridized carbons (Fsp3) is 0.458. The van der Waals surface area contributed by atoms with Gasteiger partial charge in [-0.25, -0.2) is 13.8 Å². The van der Waals surface area contributed by atoms with E-state index in [1.807, 2.05) is 0 Å². The van der Waals surface area contributed by atoms with E-state index in [2.05, 4.69) is 46.5 Å². The SMILES string of the molecule is C=C(Cc1nc([Si](C)(C)C(C)(C)C)n(S(=O)(=O)N(C)C)c1-c1ccc(C#N)cc1)C(=O)OCC. The number of benzene rings is 1. The van der Waals surface area contributed by atoms with Crippen molar-refractivity contribution in [3.63, 3.8) is 0 Å². The van der Waals surface area contributed by atoms with Gasteiger partial charge in [-0.05, 0) is 24.1 Å². The largest absolute Gasteiger partial charge is 0.463 e. The van der Waals surface area contributed by atoms with E-state index in [9.17, 15) is 18.5 Å². The number of esters is 1. The van der Waals surface area contributed by atoms with Crippen LogP contribution in [0.2, 0.25) is 18.1 Å². The van der Waals surface area contributed by atoms with Crippen molar-refractivity contribution in [3.8, 4) is 17.3 Å². The monoisotopic (exact) mass is 502 g/mol. The van der Waals surface area contributed by atoms with E-state index < -0.39 is 24.3 Å². The molecule has 0 unspecified atom stereocenters. The van der Waals surface area contributed by atoms with Gasteiger partial charge in [0.05, 0.1) is 29.6 Å². The van der Waals surface area contributed by atoms with Crippen molar-refractivity contribution in [1.29, 1.82) is 5.26 Å². The second kappa shape index (κ2) is 9.86. The first kappa shape index (κ1) is 27.5. The van der Waals surface area contributed by atoms with Gasteiger partial charge < -0.3 is 4.74 Å². The molecular weight excluding hydrogens is 468 g/mol. The predicted molar refractivity (Wildman–Crippen MR) is 137 cm³/mol. The lowest BCUT2D eigenvalue weighted by atomic mass is 10.0. The van der Waals surface area contributed by atoms with Gasteiger partial charge in [0.2, 0.25) is 0 Å². The molecule has 10 heteroatoms. The number of rotatable bonds is 8. The lowest BCUT2D eigenvalue weighted by Gasteiger charge is -2.36. The Kier molecular flexibility index (Phi) is 7.97. The summed E-state index contributed by atoms with van der Waals surface area (Å²) in [5.74, 6) is -0.549. The minimum Gasteiger partial charge on any atom is -0.463 e. The Morgan fingerprint density at radius 2 is 1.79 bits per heavy atom. The first-order chi connectivity index (χ1) is 15.6. The van der Waals surface area contributed by atoms with E-state index in [4.69, 9.17) is 9.72 Å². The van der Waals surface area contributed by atoms with E-state index in [1.165, 1.54) is 18.1 Å². The summed E-state index contributed by atoms with van der Waals surface area (Å²) >= 11 is 0. The van der Waals surface area contributed by atoms with Crippen molar-refractivity contribution >= 4 is 29.7 Å². The summed E-state index contributed by atoms with van der Waals surface area (Å²) in [5.41, 5.74) is 2.49. The topological polar surface area (TPSA) is 105 Å². The average molecular weight is 503 g/mol. The Morgan fingerprint density at radius 1 is 1.24 bits per heavy atom. The molecule has 1 aromatic heterocycles. The van der Waals surface area contributed by atoms with E-state index in [0.717, 1.165) is 4.31 Å². The minimum absolute atomic E-state index is 0.0335. The van der Waals surface area contributed by atoms with Crippen molar-refractivity contribution in [2.45, 2.75) is 52.2 Å². The average Bonchev–Trinajstić information content (AvgIpc) is 3.13. The molecule has 0 atom stereocenters. The highest BCUT2D eigenvalue weighted by Crippen LogP contribution is 2.37. The van der Waals surface area contributed by atoms with Crippen LogP contribution in [0.25, 0.3) is 11.3 Å². The Labute approximate surface area is 204 Å². The molecule has 0 spiro atoms. The minimum atomic E-state index is -3.98. The smallest absolute Gasteiger partial charge is 0.333 e. The summed E-state index contributed by atoms with van der Waals surface area (Å²) in [4.78, 5) is 17.2. The van der Waals surface area contributed by atoms with Crippen LogP contribution in [0.4, 0.5) is 0 Å². The van der Waals surface area contributed by atoms with Crippen molar-refractivity contribution in [2.24, 2.45) is 0 Å². The van der Waals surface area contributed by atoms with Gasteiger partial charge in [0.1, 0.15) is 13.5 Å². The number of nitrogens with zero attached hydrogens (tertiary/aromatic N) is 4. The molecule has 0 saturated carbocycles. The van der Waals surface area contributed by atoms with Gasteiger partial charge in [-0.3, -0.25) is 0 Å². The lowest BCUT2D eigenvalue weighted by Crippen LogP contribution is -2.56.